The van der Waals surface area contributed by atoms with Crippen LogP contribution in [0.2, 0.25) is 0 Å². The maximum absolute atomic E-state index is 2.41. The Morgan fingerprint density at radius 1 is 1.08 bits per heavy atom. The van der Waals surface area contributed by atoms with Gasteiger partial charge < -0.3 is 0 Å². The van der Waals surface area contributed by atoms with E-state index >= 15 is 0 Å². The van der Waals surface area contributed by atoms with Gasteiger partial charge in [0, 0.05) is 0 Å². The molecule has 0 bridgehead atoms. The zero-order valence-electron chi connectivity index (χ0n) is 8.51. The largest absolute Gasteiger partial charge is 0.165 e. The Labute approximate surface area is 81.5 Å². The molecule has 1 saturated carbocycles. The normalized spacial score (nSPS) is 32.5. The second-order valence-electron chi connectivity index (χ2n) is 4.29. The predicted octanol–water partition coefficient (Wildman–Crippen LogP) is 3.96. The Kier molecular flexibility index (Phi) is 5.13. The quantitative estimate of drug-likeness (QED) is 0.629. The molecule has 0 atom stereocenters. The molecule has 0 unspecified atom stereocenters. The van der Waals surface area contributed by atoms with Crippen molar-refractivity contribution in [1.82, 2.24) is 0 Å². The van der Waals surface area contributed by atoms with Crippen LogP contribution in [0.3, 0.4) is 0 Å². The fourth-order valence-electron chi connectivity index (χ4n) is 2.20. The van der Waals surface area contributed by atoms with E-state index in [1.54, 1.807) is 0 Å². The lowest BCUT2D eigenvalue weighted by Crippen LogP contribution is -2.09. The van der Waals surface area contributed by atoms with Gasteiger partial charge in [0.1, 0.15) is 0 Å². The van der Waals surface area contributed by atoms with Gasteiger partial charge in [-0.25, -0.2) is 0 Å². The molecule has 0 saturated heterocycles. The highest BCUT2D eigenvalue weighted by Gasteiger charge is 2.13. The number of hydrogen-bond donors (Lipinski definition) is 0. The van der Waals surface area contributed by atoms with Crippen molar-refractivity contribution < 1.29 is 0 Å². The molecule has 0 nitrogen and oxygen atoms in total. The molecule has 0 heterocycles. The van der Waals surface area contributed by atoms with E-state index in [0.717, 1.165) is 11.8 Å². The van der Waals surface area contributed by atoms with Crippen LogP contribution >= 0.6 is 11.8 Å². The molecule has 1 aliphatic carbocycles. The first-order chi connectivity index (χ1) is 5.83. The zero-order valence-corrected chi connectivity index (χ0v) is 9.33. The fourth-order valence-corrected chi connectivity index (χ4v) is 3.01. The Bertz CT molecular complexity index is 102. The molecule has 1 rings (SSSR count). The van der Waals surface area contributed by atoms with Gasteiger partial charge in [-0.3, -0.25) is 0 Å². The summed E-state index contributed by atoms with van der Waals surface area (Å²) >= 11 is 2.03. The zero-order chi connectivity index (χ0) is 8.81. The van der Waals surface area contributed by atoms with Crippen LogP contribution in [0.5, 0.6) is 0 Å². The summed E-state index contributed by atoms with van der Waals surface area (Å²) in [6.07, 6.45) is 11.1. The van der Waals surface area contributed by atoms with Gasteiger partial charge in [-0.1, -0.05) is 32.6 Å². The van der Waals surface area contributed by atoms with E-state index in [1.807, 2.05) is 11.8 Å². The molecular formula is C11H22S. The van der Waals surface area contributed by atoms with Crippen molar-refractivity contribution in [2.24, 2.45) is 11.8 Å². The second kappa shape index (κ2) is 5.90. The van der Waals surface area contributed by atoms with E-state index < -0.39 is 0 Å². The summed E-state index contributed by atoms with van der Waals surface area (Å²) in [5.74, 6) is 3.43. The van der Waals surface area contributed by atoms with Crippen molar-refractivity contribution in [3.05, 3.63) is 0 Å². The van der Waals surface area contributed by atoms with E-state index in [0.29, 0.717) is 0 Å². The highest BCUT2D eigenvalue weighted by molar-refractivity contribution is 7.98. The van der Waals surface area contributed by atoms with Crippen LogP contribution in [0.25, 0.3) is 0 Å². The van der Waals surface area contributed by atoms with Gasteiger partial charge in [-0.05, 0) is 36.7 Å². The molecule has 0 N–H and O–H groups in total. The number of thioether (sulfide) groups is 1. The first-order valence-corrected chi connectivity index (χ1v) is 6.71. The van der Waals surface area contributed by atoms with Gasteiger partial charge in [0.05, 0.1) is 0 Å². The van der Waals surface area contributed by atoms with Gasteiger partial charge in [0.25, 0.3) is 0 Å². The van der Waals surface area contributed by atoms with Crippen molar-refractivity contribution in [2.75, 3.05) is 12.0 Å². The first kappa shape index (κ1) is 10.4. The van der Waals surface area contributed by atoms with Gasteiger partial charge in [-0.2, -0.15) is 11.8 Å². The lowest BCUT2D eigenvalue weighted by atomic mass is 9.87. The van der Waals surface area contributed by atoms with E-state index in [9.17, 15) is 0 Å². The highest BCUT2D eigenvalue weighted by atomic mass is 32.2. The van der Waals surface area contributed by atoms with Gasteiger partial charge in [0.15, 0.2) is 0 Å². The minimum Gasteiger partial charge on any atom is -0.165 e. The molecule has 0 aromatic carbocycles. The molecule has 72 valence electrons. The van der Waals surface area contributed by atoms with Crippen LogP contribution in [-0.4, -0.2) is 12.0 Å². The van der Waals surface area contributed by atoms with E-state index in [1.165, 1.54) is 44.3 Å². The minimum absolute atomic E-state index is 1.00. The van der Waals surface area contributed by atoms with Crippen molar-refractivity contribution >= 4 is 11.8 Å². The van der Waals surface area contributed by atoms with E-state index in [4.69, 9.17) is 0 Å². The Balaban J connectivity index is 2.20. The van der Waals surface area contributed by atoms with Crippen LogP contribution in [0.4, 0.5) is 0 Å². The standard InChI is InChI=1S/C11H22S/c1-10-5-3-7-11(9-12-2)8-4-6-10/h10-11H,3-9H2,1-2H3. The minimum atomic E-state index is 1.00. The van der Waals surface area contributed by atoms with Gasteiger partial charge in [-0.15, -0.1) is 0 Å². The Hall–Kier alpha value is 0.350. The number of rotatable bonds is 2. The van der Waals surface area contributed by atoms with Crippen molar-refractivity contribution in [3.63, 3.8) is 0 Å². The number of hydrogen-bond acceptors (Lipinski definition) is 1. The van der Waals surface area contributed by atoms with Gasteiger partial charge in [0.2, 0.25) is 0 Å². The van der Waals surface area contributed by atoms with Crippen LogP contribution in [0.15, 0.2) is 0 Å². The smallest absolute Gasteiger partial charge is 0.00419 e. The maximum atomic E-state index is 2.41. The molecule has 0 radical (unpaired) electrons. The van der Waals surface area contributed by atoms with E-state index in [-0.39, 0.29) is 0 Å². The second-order valence-corrected chi connectivity index (χ2v) is 5.20. The summed E-state index contributed by atoms with van der Waals surface area (Å²) in [6.45, 7) is 2.41. The van der Waals surface area contributed by atoms with Crippen molar-refractivity contribution in [1.29, 1.82) is 0 Å². The Morgan fingerprint density at radius 2 is 1.67 bits per heavy atom. The lowest BCUT2D eigenvalue weighted by molar-refractivity contribution is 0.350. The third-order valence-electron chi connectivity index (χ3n) is 3.02. The fraction of sp³-hybridized carbons (Fsp3) is 1.00. The predicted molar refractivity (Wildman–Crippen MR) is 58.7 cm³/mol. The summed E-state index contributed by atoms with van der Waals surface area (Å²) in [5, 5.41) is 0. The van der Waals surface area contributed by atoms with E-state index in [2.05, 4.69) is 13.2 Å². The molecule has 0 aromatic heterocycles. The molecule has 12 heavy (non-hydrogen) atoms. The Morgan fingerprint density at radius 3 is 2.17 bits per heavy atom. The van der Waals surface area contributed by atoms with Gasteiger partial charge >= 0.3 is 0 Å². The van der Waals surface area contributed by atoms with Crippen LogP contribution in [-0.2, 0) is 0 Å². The average molecular weight is 186 g/mol. The summed E-state index contributed by atoms with van der Waals surface area (Å²) in [4.78, 5) is 0. The van der Waals surface area contributed by atoms with Crippen LogP contribution < -0.4 is 0 Å². The van der Waals surface area contributed by atoms with Crippen molar-refractivity contribution in [2.45, 2.75) is 45.4 Å². The molecule has 0 spiro atoms. The molecule has 0 amide bonds. The third-order valence-corrected chi connectivity index (χ3v) is 3.83. The molecule has 0 aliphatic heterocycles. The topological polar surface area (TPSA) is 0 Å². The monoisotopic (exact) mass is 186 g/mol. The third kappa shape index (κ3) is 3.84. The summed E-state index contributed by atoms with van der Waals surface area (Å²) in [7, 11) is 0. The SMILES string of the molecule is CSCC1CCCC(C)CCC1. The molecule has 0 aromatic rings. The molecule has 1 aliphatic rings. The summed E-state index contributed by atoms with van der Waals surface area (Å²) < 4.78 is 0. The summed E-state index contributed by atoms with van der Waals surface area (Å²) in [5.41, 5.74) is 0. The van der Waals surface area contributed by atoms with Crippen LogP contribution in [0.1, 0.15) is 45.4 Å². The lowest BCUT2D eigenvalue weighted by Gasteiger charge is -2.21. The first-order valence-electron chi connectivity index (χ1n) is 5.32. The van der Waals surface area contributed by atoms with Crippen molar-refractivity contribution in [3.8, 4) is 0 Å². The maximum Gasteiger partial charge on any atom is -0.00419 e. The van der Waals surface area contributed by atoms with Crippen LogP contribution in [0, 0.1) is 11.8 Å². The average Bonchev–Trinajstić information content (AvgIpc) is 2.00. The molecule has 1 fully saturated rings. The highest BCUT2D eigenvalue weighted by Crippen LogP contribution is 2.27. The molecule has 1 heteroatoms. The summed E-state index contributed by atoms with van der Waals surface area (Å²) in [6, 6.07) is 0. The molecular weight excluding hydrogens is 164 g/mol.